The van der Waals surface area contributed by atoms with Gasteiger partial charge in [-0.15, -0.1) is 18.9 Å². The average Bonchev–Trinajstić information content (AvgIpc) is 3.48. The Kier molecular flexibility index (Phi) is 15.4. The van der Waals surface area contributed by atoms with Gasteiger partial charge in [-0.3, -0.25) is 0 Å². The molecule has 0 spiro atoms. The van der Waals surface area contributed by atoms with Gasteiger partial charge < -0.3 is 0 Å². The number of hydrogen-bond acceptors (Lipinski definition) is 0. The van der Waals surface area contributed by atoms with Gasteiger partial charge in [0.2, 0.25) is 0 Å². The normalized spacial score (nSPS) is 12.7. The van der Waals surface area contributed by atoms with Gasteiger partial charge in [-0.2, -0.15) is 0 Å². The SMILES string of the molecule is C#CCC1(C)c2ccccc2-c2ccccc21.C=CCC1(C)c2ccccc2-c2ccccc21.CC.CC.CC.CC. The predicted molar refractivity (Wildman–Crippen MR) is 190 cm³/mol. The van der Waals surface area contributed by atoms with Gasteiger partial charge in [0.05, 0.1) is 0 Å². The first-order chi connectivity index (χ1) is 20.5. The van der Waals surface area contributed by atoms with Crippen LogP contribution in [0.1, 0.15) is 104 Å². The maximum Gasteiger partial charge on any atom is 0.0296 e. The molecule has 4 aromatic carbocycles. The lowest BCUT2D eigenvalue weighted by atomic mass is 9.77. The lowest BCUT2D eigenvalue weighted by Gasteiger charge is -2.25. The van der Waals surface area contributed by atoms with Crippen LogP contribution in [0.3, 0.4) is 0 Å². The molecule has 0 heteroatoms. The quantitative estimate of drug-likeness (QED) is 0.173. The number of hydrogen-bond donors (Lipinski definition) is 0. The van der Waals surface area contributed by atoms with Gasteiger partial charge in [0.25, 0.3) is 0 Å². The molecule has 0 radical (unpaired) electrons. The van der Waals surface area contributed by atoms with Crippen LogP contribution in [0.2, 0.25) is 0 Å². The zero-order valence-electron chi connectivity index (χ0n) is 28.0. The molecule has 0 saturated carbocycles. The Hall–Kier alpha value is -3.82. The minimum absolute atomic E-state index is 0.0259. The van der Waals surface area contributed by atoms with Crippen molar-refractivity contribution in [2.75, 3.05) is 0 Å². The van der Waals surface area contributed by atoms with Crippen molar-refractivity contribution in [1.29, 1.82) is 0 Å². The number of terminal acetylenes is 1. The highest BCUT2D eigenvalue weighted by Gasteiger charge is 2.38. The van der Waals surface area contributed by atoms with Gasteiger partial charge in [-0.1, -0.05) is 172 Å². The molecule has 4 aromatic rings. The lowest BCUT2D eigenvalue weighted by molar-refractivity contribution is 0.597. The van der Waals surface area contributed by atoms with E-state index in [0.29, 0.717) is 0 Å². The van der Waals surface area contributed by atoms with E-state index in [1.807, 2.05) is 61.5 Å². The molecule has 0 unspecified atom stereocenters. The van der Waals surface area contributed by atoms with Crippen molar-refractivity contribution in [3.63, 3.8) is 0 Å². The third-order valence-electron chi connectivity index (χ3n) is 7.67. The Balaban J connectivity index is 0.000000340. The molecule has 6 rings (SSSR count). The highest BCUT2D eigenvalue weighted by molar-refractivity contribution is 5.81. The van der Waals surface area contributed by atoms with Gasteiger partial charge in [-0.05, 0) is 50.9 Å². The molecule has 0 bridgehead atoms. The molecule has 222 valence electrons. The Morgan fingerprint density at radius 1 is 0.524 bits per heavy atom. The molecule has 0 saturated heterocycles. The zero-order valence-corrected chi connectivity index (χ0v) is 28.0. The van der Waals surface area contributed by atoms with Crippen molar-refractivity contribution in [2.45, 2.75) is 92.9 Å². The Morgan fingerprint density at radius 2 is 0.786 bits per heavy atom. The molecule has 0 heterocycles. The van der Waals surface area contributed by atoms with Crippen LogP contribution in [0.4, 0.5) is 0 Å². The fraction of sp³-hybridized carbons (Fsp3) is 0.333. The molecule has 2 aliphatic carbocycles. The van der Waals surface area contributed by atoms with Crippen LogP contribution < -0.4 is 0 Å². The number of allylic oxidation sites excluding steroid dienone is 1. The van der Waals surface area contributed by atoms with E-state index in [-0.39, 0.29) is 10.8 Å². The topological polar surface area (TPSA) is 0 Å². The number of fused-ring (bicyclic) bond motifs is 6. The smallest absolute Gasteiger partial charge is 0.0296 e. The maximum absolute atomic E-state index is 5.56. The molecule has 0 nitrogen and oxygen atoms in total. The molecule has 0 atom stereocenters. The first-order valence-electron chi connectivity index (χ1n) is 16.0. The van der Waals surface area contributed by atoms with Crippen LogP contribution in [0.25, 0.3) is 22.3 Å². The summed E-state index contributed by atoms with van der Waals surface area (Å²) in [7, 11) is 0. The van der Waals surface area contributed by atoms with E-state index < -0.39 is 0 Å². The van der Waals surface area contributed by atoms with E-state index in [4.69, 9.17) is 6.42 Å². The zero-order chi connectivity index (χ0) is 31.8. The van der Waals surface area contributed by atoms with Crippen molar-refractivity contribution in [1.82, 2.24) is 0 Å². The summed E-state index contributed by atoms with van der Waals surface area (Å²) in [5.74, 6) is 2.83. The minimum Gasteiger partial charge on any atom is -0.120 e. The van der Waals surface area contributed by atoms with E-state index in [2.05, 4.69) is 123 Å². The second-order valence-electron chi connectivity index (χ2n) is 9.72. The van der Waals surface area contributed by atoms with Crippen LogP contribution in [-0.4, -0.2) is 0 Å². The molecular weight excluding hydrogens is 504 g/mol. The van der Waals surface area contributed by atoms with E-state index in [0.717, 1.165) is 12.8 Å². The summed E-state index contributed by atoms with van der Waals surface area (Å²) in [4.78, 5) is 0. The van der Waals surface area contributed by atoms with Crippen molar-refractivity contribution in [2.24, 2.45) is 0 Å². The van der Waals surface area contributed by atoms with E-state index >= 15 is 0 Å². The monoisotopic (exact) mass is 558 g/mol. The first kappa shape index (κ1) is 36.2. The van der Waals surface area contributed by atoms with Crippen LogP contribution >= 0.6 is 0 Å². The minimum atomic E-state index is -0.0259. The second kappa shape index (κ2) is 17.9. The Bertz CT molecular complexity index is 1320. The molecule has 0 amide bonds. The highest BCUT2D eigenvalue weighted by atomic mass is 14.4. The lowest BCUT2D eigenvalue weighted by Crippen LogP contribution is -2.19. The third kappa shape index (κ3) is 6.97. The Morgan fingerprint density at radius 3 is 1.05 bits per heavy atom. The summed E-state index contributed by atoms with van der Waals surface area (Å²) in [5, 5.41) is 0. The van der Waals surface area contributed by atoms with Crippen LogP contribution in [0, 0.1) is 12.3 Å². The molecule has 0 aromatic heterocycles. The summed E-state index contributed by atoms with van der Waals surface area (Å²) in [5.41, 5.74) is 11.1. The fourth-order valence-electron chi connectivity index (χ4n) is 5.99. The van der Waals surface area contributed by atoms with Crippen molar-refractivity contribution >= 4 is 0 Å². The van der Waals surface area contributed by atoms with Gasteiger partial charge in [-0.25, -0.2) is 0 Å². The van der Waals surface area contributed by atoms with E-state index in [1.54, 1.807) is 0 Å². The van der Waals surface area contributed by atoms with Crippen molar-refractivity contribution in [3.8, 4) is 34.6 Å². The Labute approximate surface area is 258 Å². The van der Waals surface area contributed by atoms with Crippen molar-refractivity contribution in [3.05, 3.63) is 132 Å². The summed E-state index contributed by atoms with van der Waals surface area (Å²) in [6.07, 6.45) is 9.32. The summed E-state index contributed by atoms with van der Waals surface area (Å²) in [6.45, 7) is 24.5. The summed E-state index contributed by atoms with van der Waals surface area (Å²) in [6, 6.07) is 34.6. The van der Waals surface area contributed by atoms with Gasteiger partial charge in [0.1, 0.15) is 0 Å². The van der Waals surface area contributed by atoms with E-state index in [1.165, 1.54) is 44.5 Å². The molecule has 2 aliphatic rings. The van der Waals surface area contributed by atoms with Crippen LogP contribution in [0.15, 0.2) is 110 Å². The standard InChI is InChI=1S/C17H16.C17H14.4C2H6/c2*1-3-12-17(2)15-10-6-4-8-13(15)14-9-5-7-11-16(14)17;4*1-2/h3-11H,1,12H2,2H3;1,4-11H,12H2,2H3;4*1-2H3. The van der Waals surface area contributed by atoms with E-state index in [9.17, 15) is 0 Å². The average molecular weight is 559 g/mol. The molecular formula is C42H54. The van der Waals surface area contributed by atoms with Crippen LogP contribution in [0.5, 0.6) is 0 Å². The molecule has 0 aliphatic heterocycles. The second-order valence-corrected chi connectivity index (χ2v) is 9.72. The summed E-state index contributed by atoms with van der Waals surface area (Å²) >= 11 is 0. The summed E-state index contributed by atoms with van der Waals surface area (Å²) < 4.78 is 0. The van der Waals surface area contributed by atoms with Gasteiger partial charge in [0.15, 0.2) is 0 Å². The first-order valence-corrected chi connectivity index (χ1v) is 16.0. The highest BCUT2D eigenvalue weighted by Crippen LogP contribution is 2.51. The number of benzene rings is 4. The van der Waals surface area contributed by atoms with Crippen molar-refractivity contribution < 1.29 is 0 Å². The van der Waals surface area contributed by atoms with Gasteiger partial charge in [0, 0.05) is 17.3 Å². The fourth-order valence-corrected chi connectivity index (χ4v) is 5.99. The predicted octanol–water partition coefficient (Wildman–Crippen LogP) is 12.7. The third-order valence-corrected chi connectivity index (χ3v) is 7.67. The molecule has 42 heavy (non-hydrogen) atoms. The number of rotatable bonds is 3. The largest absolute Gasteiger partial charge is 0.120 e. The van der Waals surface area contributed by atoms with Crippen LogP contribution in [-0.2, 0) is 10.8 Å². The molecule has 0 N–H and O–H groups in total. The van der Waals surface area contributed by atoms with Gasteiger partial charge >= 0.3 is 0 Å². The maximum atomic E-state index is 5.56. The molecule has 0 fully saturated rings.